The number of rotatable bonds is 4. The smallest absolute Gasteiger partial charge is 0.251 e. The van der Waals surface area contributed by atoms with E-state index in [1.807, 2.05) is 0 Å². The first-order chi connectivity index (χ1) is 8.27. The summed E-state index contributed by atoms with van der Waals surface area (Å²) in [6.45, 7) is 3.39. The van der Waals surface area contributed by atoms with Crippen LogP contribution in [0.3, 0.4) is 0 Å². The Balaban J connectivity index is 2.96. The molecule has 0 spiro atoms. The van der Waals surface area contributed by atoms with Crippen LogP contribution in [0.4, 0.5) is 10.1 Å². The molecule has 0 aliphatic heterocycles. The fraction of sp³-hybridized carbons (Fsp3) is 0.333. The number of hydrogen-bond acceptors (Lipinski definition) is 3. The van der Waals surface area contributed by atoms with Crippen LogP contribution in [0.15, 0.2) is 18.2 Å². The minimum Gasteiger partial charge on any atom is -0.366 e. The van der Waals surface area contributed by atoms with Crippen molar-refractivity contribution in [1.29, 1.82) is 0 Å². The number of carbonyl (C=O) groups excluding carboxylic acids is 2. The van der Waals surface area contributed by atoms with Crippen LogP contribution in [-0.4, -0.2) is 24.4 Å². The summed E-state index contributed by atoms with van der Waals surface area (Å²) in [4.78, 5) is 22.8. The zero-order valence-corrected chi connectivity index (χ0v) is 10.5. The van der Waals surface area contributed by atoms with Crippen LogP contribution in [0.5, 0.6) is 0 Å². The van der Waals surface area contributed by atoms with Gasteiger partial charge in [0.15, 0.2) is 0 Å². The largest absolute Gasteiger partial charge is 0.366 e. The molecule has 4 N–H and O–H groups in total. The number of carbonyl (C=O) groups is 2. The van der Waals surface area contributed by atoms with E-state index in [0.29, 0.717) is 5.69 Å². The Labute approximate surface area is 105 Å². The molecule has 0 fully saturated rings. The van der Waals surface area contributed by atoms with Crippen LogP contribution in [0, 0.1) is 5.82 Å². The van der Waals surface area contributed by atoms with E-state index in [4.69, 9.17) is 5.73 Å². The Bertz CT molecular complexity index is 486. The number of amides is 2. The van der Waals surface area contributed by atoms with E-state index in [2.05, 4.69) is 10.6 Å². The minimum absolute atomic E-state index is 0.255. The lowest BCUT2D eigenvalue weighted by molar-refractivity contribution is -0.121. The molecule has 0 atom stereocenters. The van der Waals surface area contributed by atoms with Crippen molar-refractivity contribution in [2.45, 2.75) is 19.4 Å². The average Bonchev–Trinajstić information content (AvgIpc) is 2.31. The molecule has 6 heteroatoms. The number of hydrogen-bond donors (Lipinski definition) is 3. The molecule has 18 heavy (non-hydrogen) atoms. The van der Waals surface area contributed by atoms with Gasteiger partial charge in [0.25, 0.3) is 5.91 Å². The van der Waals surface area contributed by atoms with Gasteiger partial charge in [0.1, 0.15) is 5.82 Å². The third-order valence-electron chi connectivity index (χ3n) is 2.68. The SMILES string of the molecule is CNC(C)(C)C(=O)Nc1ccc(F)c(C(N)=O)c1. The summed E-state index contributed by atoms with van der Waals surface area (Å²) in [5.74, 6) is -1.89. The average molecular weight is 253 g/mol. The molecule has 0 aliphatic rings. The highest BCUT2D eigenvalue weighted by molar-refractivity contribution is 5.99. The van der Waals surface area contributed by atoms with E-state index in [-0.39, 0.29) is 11.5 Å². The van der Waals surface area contributed by atoms with Crippen molar-refractivity contribution < 1.29 is 14.0 Å². The summed E-state index contributed by atoms with van der Waals surface area (Å²) in [6, 6.07) is 3.66. The van der Waals surface area contributed by atoms with Gasteiger partial charge in [-0.3, -0.25) is 9.59 Å². The summed E-state index contributed by atoms with van der Waals surface area (Å²) in [6.07, 6.45) is 0. The van der Waals surface area contributed by atoms with E-state index in [1.165, 1.54) is 12.1 Å². The number of nitrogens with two attached hydrogens (primary N) is 1. The number of likely N-dealkylation sites (N-methyl/N-ethyl adjacent to an activating group) is 1. The fourth-order valence-corrected chi connectivity index (χ4v) is 1.19. The molecule has 5 nitrogen and oxygen atoms in total. The highest BCUT2D eigenvalue weighted by atomic mass is 19.1. The summed E-state index contributed by atoms with van der Waals surface area (Å²) < 4.78 is 13.2. The van der Waals surface area contributed by atoms with Gasteiger partial charge < -0.3 is 16.4 Å². The Kier molecular flexibility index (Phi) is 4.03. The van der Waals surface area contributed by atoms with Crippen molar-refractivity contribution in [1.82, 2.24) is 5.32 Å². The third kappa shape index (κ3) is 3.04. The first-order valence-electron chi connectivity index (χ1n) is 5.37. The standard InChI is InChI=1S/C12H16FN3O2/c1-12(2,15-3)11(18)16-7-4-5-9(13)8(6-7)10(14)17/h4-6,15H,1-3H3,(H2,14,17)(H,16,18). The molecule has 1 aromatic carbocycles. The van der Waals surface area contributed by atoms with Crippen LogP contribution >= 0.6 is 0 Å². The van der Waals surface area contributed by atoms with E-state index in [1.54, 1.807) is 20.9 Å². The Morgan fingerprint density at radius 2 is 1.94 bits per heavy atom. The number of halogens is 1. The second-order valence-electron chi connectivity index (χ2n) is 4.39. The van der Waals surface area contributed by atoms with Gasteiger partial charge in [0.2, 0.25) is 5.91 Å². The quantitative estimate of drug-likeness (QED) is 0.744. The molecule has 0 unspecified atom stereocenters. The molecule has 1 aromatic rings. The third-order valence-corrected chi connectivity index (χ3v) is 2.68. The van der Waals surface area contributed by atoms with E-state index in [0.717, 1.165) is 6.07 Å². The summed E-state index contributed by atoms with van der Waals surface area (Å²) >= 11 is 0. The topological polar surface area (TPSA) is 84.2 Å². The molecule has 1 rings (SSSR count). The van der Waals surface area contributed by atoms with Crippen LogP contribution in [-0.2, 0) is 4.79 Å². The molecular formula is C12H16FN3O2. The predicted molar refractivity (Wildman–Crippen MR) is 66.7 cm³/mol. The van der Waals surface area contributed by atoms with Crippen molar-refractivity contribution in [3.05, 3.63) is 29.6 Å². The Hall–Kier alpha value is -1.95. The number of benzene rings is 1. The molecular weight excluding hydrogens is 237 g/mol. The molecule has 98 valence electrons. The second-order valence-corrected chi connectivity index (χ2v) is 4.39. The van der Waals surface area contributed by atoms with E-state index < -0.39 is 17.3 Å². The summed E-state index contributed by atoms with van der Waals surface area (Å²) in [7, 11) is 1.65. The molecule has 0 aromatic heterocycles. The fourth-order valence-electron chi connectivity index (χ4n) is 1.19. The van der Waals surface area contributed by atoms with Gasteiger partial charge in [-0.15, -0.1) is 0 Å². The zero-order valence-electron chi connectivity index (χ0n) is 10.5. The number of primary amides is 1. The highest BCUT2D eigenvalue weighted by Crippen LogP contribution is 2.16. The van der Waals surface area contributed by atoms with Crippen molar-refractivity contribution in [2.24, 2.45) is 5.73 Å². The molecule has 0 aliphatic carbocycles. The van der Waals surface area contributed by atoms with E-state index in [9.17, 15) is 14.0 Å². The van der Waals surface area contributed by atoms with Gasteiger partial charge in [-0.1, -0.05) is 0 Å². The first-order valence-corrected chi connectivity index (χ1v) is 5.37. The molecule has 0 saturated carbocycles. The first kappa shape index (κ1) is 14.1. The predicted octanol–water partition coefficient (Wildman–Crippen LogP) is 0.861. The Morgan fingerprint density at radius 1 is 1.33 bits per heavy atom. The van der Waals surface area contributed by atoms with Crippen molar-refractivity contribution >= 4 is 17.5 Å². The molecule has 0 radical (unpaired) electrons. The van der Waals surface area contributed by atoms with Crippen molar-refractivity contribution in [3.63, 3.8) is 0 Å². The molecule has 0 saturated heterocycles. The Morgan fingerprint density at radius 3 is 2.44 bits per heavy atom. The van der Waals surface area contributed by atoms with Crippen LogP contribution in [0.1, 0.15) is 24.2 Å². The lowest BCUT2D eigenvalue weighted by Gasteiger charge is -2.22. The monoisotopic (exact) mass is 253 g/mol. The lowest BCUT2D eigenvalue weighted by atomic mass is 10.0. The molecule has 2 amide bonds. The van der Waals surface area contributed by atoms with Gasteiger partial charge in [-0.05, 0) is 39.1 Å². The van der Waals surface area contributed by atoms with Crippen molar-refractivity contribution in [2.75, 3.05) is 12.4 Å². The molecule has 0 heterocycles. The highest BCUT2D eigenvalue weighted by Gasteiger charge is 2.25. The van der Waals surface area contributed by atoms with Gasteiger partial charge in [0.05, 0.1) is 11.1 Å². The van der Waals surface area contributed by atoms with Crippen LogP contribution < -0.4 is 16.4 Å². The summed E-state index contributed by atoms with van der Waals surface area (Å²) in [5, 5.41) is 5.41. The van der Waals surface area contributed by atoms with Crippen molar-refractivity contribution in [3.8, 4) is 0 Å². The van der Waals surface area contributed by atoms with Gasteiger partial charge in [-0.2, -0.15) is 0 Å². The normalized spacial score (nSPS) is 11.1. The van der Waals surface area contributed by atoms with Gasteiger partial charge in [0, 0.05) is 5.69 Å². The van der Waals surface area contributed by atoms with Gasteiger partial charge >= 0.3 is 0 Å². The lowest BCUT2D eigenvalue weighted by Crippen LogP contribution is -2.47. The number of anilines is 1. The van der Waals surface area contributed by atoms with E-state index >= 15 is 0 Å². The maximum Gasteiger partial charge on any atom is 0.251 e. The number of nitrogens with one attached hydrogen (secondary N) is 2. The maximum atomic E-state index is 13.2. The summed E-state index contributed by atoms with van der Waals surface area (Å²) in [5.41, 5.74) is 4.31. The zero-order chi connectivity index (χ0) is 13.9. The molecule has 0 bridgehead atoms. The van der Waals surface area contributed by atoms with Crippen LogP contribution in [0.2, 0.25) is 0 Å². The minimum atomic E-state index is -0.878. The van der Waals surface area contributed by atoms with Gasteiger partial charge in [-0.25, -0.2) is 4.39 Å². The van der Waals surface area contributed by atoms with Crippen LogP contribution in [0.25, 0.3) is 0 Å². The maximum absolute atomic E-state index is 13.2. The second kappa shape index (κ2) is 5.14.